The summed E-state index contributed by atoms with van der Waals surface area (Å²) in [5.41, 5.74) is 2.71. The molecule has 1 atom stereocenters. The number of methoxy groups -OCH3 is 2. The van der Waals surface area contributed by atoms with Crippen molar-refractivity contribution in [2.75, 3.05) is 19.5 Å². The second-order valence-corrected chi connectivity index (χ2v) is 10.9. The summed E-state index contributed by atoms with van der Waals surface area (Å²) >= 11 is 3.26. The Bertz CT molecular complexity index is 1780. The first-order chi connectivity index (χ1) is 18.8. The molecule has 4 aromatic rings. The molecule has 0 saturated carbocycles. The number of thiazole rings is 1. The minimum absolute atomic E-state index is 0.0425. The first kappa shape index (κ1) is 26.7. The lowest BCUT2D eigenvalue weighted by molar-refractivity contribution is -0.113. The van der Waals surface area contributed by atoms with Crippen molar-refractivity contribution in [2.45, 2.75) is 13.0 Å². The minimum atomic E-state index is -0.701. The number of amides is 1. The van der Waals surface area contributed by atoms with Gasteiger partial charge in [-0.3, -0.25) is 14.2 Å². The number of carbonyl (C=O) groups is 1. The van der Waals surface area contributed by atoms with Gasteiger partial charge in [0.15, 0.2) is 16.3 Å². The van der Waals surface area contributed by atoms with Gasteiger partial charge in [-0.2, -0.15) is 0 Å². The number of fused-ring (bicyclic) bond motifs is 1. The molecule has 0 aliphatic carbocycles. The zero-order valence-corrected chi connectivity index (χ0v) is 24.2. The third-order valence-electron chi connectivity index (χ3n) is 6.30. The maximum Gasteiger partial charge on any atom is 0.271 e. The molecule has 1 aromatic heterocycles. The van der Waals surface area contributed by atoms with Gasteiger partial charge in [-0.15, -0.1) is 0 Å². The normalized spacial score (nSPS) is 15.0. The van der Waals surface area contributed by atoms with Crippen LogP contribution in [0.25, 0.3) is 6.08 Å². The lowest BCUT2D eigenvalue weighted by Gasteiger charge is -2.25. The zero-order valence-electron chi connectivity index (χ0n) is 21.3. The molecule has 1 amide bonds. The number of nitrogens with zero attached hydrogens (tertiary/aromatic N) is 2. The molecule has 1 aliphatic rings. The molecular weight excluding hydrogens is 629 g/mol. The number of anilines is 1. The van der Waals surface area contributed by atoms with Crippen molar-refractivity contribution in [2.24, 2.45) is 4.99 Å². The number of benzene rings is 3. The first-order valence-electron chi connectivity index (χ1n) is 11.9. The van der Waals surface area contributed by atoms with Crippen LogP contribution in [0.5, 0.6) is 17.2 Å². The third-order valence-corrected chi connectivity index (χ3v) is 8.10. The van der Waals surface area contributed by atoms with E-state index >= 15 is 0 Å². The maximum atomic E-state index is 13.9. The number of rotatable bonds is 6. The average molecular weight is 653 g/mol. The molecule has 39 heavy (non-hydrogen) atoms. The summed E-state index contributed by atoms with van der Waals surface area (Å²) in [4.78, 5) is 32.7. The summed E-state index contributed by atoms with van der Waals surface area (Å²) in [5.74, 6) is 0.682. The molecule has 1 aliphatic heterocycles. The van der Waals surface area contributed by atoms with Crippen molar-refractivity contribution in [3.05, 3.63) is 112 Å². The predicted molar refractivity (Wildman–Crippen MR) is 159 cm³/mol. The fourth-order valence-electron chi connectivity index (χ4n) is 4.42. The summed E-state index contributed by atoms with van der Waals surface area (Å²) in [5, 5.41) is 13.2. The number of ether oxygens (including phenoxy) is 2. The predicted octanol–water partition coefficient (Wildman–Crippen LogP) is 4.20. The van der Waals surface area contributed by atoms with Crippen LogP contribution in [0.15, 0.2) is 87.8 Å². The van der Waals surface area contributed by atoms with E-state index in [1.165, 1.54) is 18.4 Å². The van der Waals surface area contributed by atoms with Gasteiger partial charge in [0.05, 0.1) is 39.6 Å². The van der Waals surface area contributed by atoms with Gasteiger partial charge in [0.25, 0.3) is 11.5 Å². The Hall–Kier alpha value is -3.90. The van der Waals surface area contributed by atoms with Gasteiger partial charge in [0, 0.05) is 5.69 Å². The van der Waals surface area contributed by atoms with Gasteiger partial charge in [0.1, 0.15) is 5.75 Å². The number of phenolic OH excluding ortho intramolecular Hbond substituents is 1. The van der Waals surface area contributed by atoms with E-state index < -0.39 is 6.04 Å². The van der Waals surface area contributed by atoms with Crippen LogP contribution in [0, 0.1) is 3.57 Å². The van der Waals surface area contributed by atoms with Crippen LogP contribution in [-0.2, 0) is 4.79 Å². The van der Waals surface area contributed by atoms with Gasteiger partial charge in [-0.1, -0.05) is 41.7 Å². The van der Waals surface area contributed by atoms with E-state index in [4.69, 9.17) is 9.47 Å². The van der Waals surface area contributed by atoms with E-state index in [0.717, 1.165) is 5.56 Å². The van der Waals surface area contributed by atoms with Crippen LogP contribution in [0.3, 0.4) is 0 Å². The molecule has 3 aromatic carbocycles. The molecule has 2 heterocycles. The van der Waals surface area contributed by atoms with Crippen molar-refractivity contribution < 1.29 is 19.4 Å². The monoisotopic (exact) mass is 653 g/mol. The largest absolute Gasteiger partial charge is 0.504 e. The second kappa shape index (κ2) is 11.1. The van der Waals surface area contributed by atoms with Gasteiger partial charge >= 0.3 is 0 Å². The lowest BCUT2D eigenvalue weighted by atomic mass is 9.95. The molecule has 0 unspecified atom stereocenters. The van der Waals surface area contributed by atoms with Crippen molar-refractivity contribution >= 4 is 51.6 Å². The molecule has 0 saturated heterocycles. The van der Waals surface area contributed by atoms with Gasteiger partial charge < -0.3 is 19.9 Å². The van der Waals surface area contributed by atoms with E-state index in [-0.39, 0.29) is 17.2 Å². The molecule has 0 bridgehead atoms. The number of para-hydroxylation sites is 1. The van der Waals surface area contributed by atoms with E-state index in [2.05, 4.69) is 10.3 Å². The minimum Gasteiger partial charge on any atom is -0.504 e. The Kier molecular flexibility index (Phi) is 7.58. The highest BCUT2D eigenvalue weighted by Gasteiger charge is 2.32. The Morgan fingerprint density at radius 3 is 2.49 bits per heavy atom. The van der Waals surface area contributed by atoms with Crippen molar-refractivity contribution in [3.63, 3.8) is 0 Å². The number of halogens is 1. The van der Waals surface area contributed by atoms with Crippen LogP contribution in [0.4, 0.5) is 5.69 Å². The van der Waals surface area contributed by atoms with Crippen LogP contribution in [-0.4, -0.2) is 29.8 Å². The Morgan fingerprint density at radius 1 is 1.10 bits per heavy atom. The molecule has 198 valence electrons. The fourth-order valence-corrected chi connectivity index (χ4v) is 6.09. The number of phenols is 1. The van der Waals surface area contributed by atoms with Crippen molar-refractivity contribution in [1.29, 1.82) is 0 Å². The highest BCUT2D eigenvalue weighted by Crippen LogP contribution is 2.33. The first-order valence-corrected chi connectivity index (χ1v) is 13.8. The summed E-state index contributed by atoms with van der Waals surface area (Å²) in [6, 6.07) is 19.2. The molecule has 0 fully saturated rings. The fraction of sp³-hybridized carbons (Fsp3) is 0.138. The number of hydrogen-bond donors (Lipinski definition) is 2. The molecule has 8 nitrogen and oxygen atoms in total. The smallest absolute Gasteiger partial charge is 0.271 e. The van der Waals surface area contributed by atoms with Crippen molar-refractivity contribution in [3.8, 4) is 17.2 Å². The van der Waals surface area contributed by atoms with E-state index in [1.54, 1.807) is 61.1 Å². The van der Waals surface area contributed by atoms with E-state index in [0.29, 0.717) is 46.9 Å². The van der Waals surface area contributed by atoms with E-state index in [9.17, 15) is 14.7 Å². The van der Waals surface area contributed by atoms with Crippen LogP contribution in [0.1, 0.15) is 24.1 Å². The number of carbonyl (C=O) groups excluding carboxylic acids is 1. The summed E-state index contributed by atoms with van der Waals surface area (Å²) in [7, 11) is 3.06. The number of nitrogens with one attached hydrogen (secondary N) is 1. The number of aromatic nitrogens is 1. The Balaban J connectivity index is 1.68. The molecule has 10 heteroatoms. The van der Waals surface area contributed by atoms with Gasteiger partial charge in [0.2, 0.25) is 0 Å². The topological polar surface area (TPSA) is 102 Å². The third kappa shape index (κ3) is 5.21. The molecule has 0 spiro atoms. The SMILES string of the molecule is COc1ccc([C@H]2C(C(=O)Nc3ccccc3)=C(C)N=c3s/c(=C/c4cc(I)c(O)c(OC)c4)c(=O)n32)cc1. The highest BCUT2D eigenvalue weighted by atomic mass is 127. The Morgan fingerprint density at radius 2 is 1.82 bits per heavy atom. The molecule has 0 radical (unpaired) electrons. The van der Waals surface area contributed by atoms with E-state index in [1.807, 2.05) is 52.9 Å². The standard InChI is InChI=1S/C29H24IN3O5S/c1-16-24(27(35)32-19-7-5-4-6-8-19)25(18-9-11-20(37-2)12-10-18)33-28(36)23(39-29(33)31-16)15-17-13-21(30)26(34)22(14-17)38-3/h4-15,25,34H,1-3H3,(H,32,35)/b23-15+/t25-/m0/s1. The number of hydrogen-bond acceptors (Lipinski definition) is 7. The van der Waals surface area contributed by atoms with Gasteiger partial charge in [-0.25, -0.2) is 4.99 Å². The molecule has 5 rings (SSSR count). The Labute approximate surface area is 241 Å². The number of aromatic hydroxyl groups is 1. The molecular formula is C29H24IN3O5S. The average Bonchev–Trinajstić information content (AvgIpc) is 3.24. The maximum absolute atomic E-state index is 13.9. The molecule has 2 N–H and O–H groups in total. The van der Waals surface area contributed by atoms with Crippen LogP contribution >= 0.6 is 33.9 Å². The summed E-state index contributed by atoms with van der Waals surface area (Å²) in [6.07, 6.45) is 1.74. The summed E-state index contributed by atoms with van der Waals surface area (Å²) < 4.78 is 13.2. The number of allylic oxidation sites excluding steroid dienone is 1. The highest BCUT2D eigenvalue weighted by molar-refractivity contribution is 14.1. The second-order valence-electron chi connectivity index (χ2n) is 8.73. The van der Waals surface area contributed by atoms with Crippen molar-refractivity contribution in [1.82, 2.24) is 4.57 Å². The lowest BCUT2D eigenvalue weighted by Crippen LogP contribution is -2.40. The summed E-state index contributed by atoms with van der Waals surface area (Å²) in [6.45, 7) is 1.78. The van der Waals surface area contributed by atoms with Gasteiger partial charge in [-0.05, 0) is 83.1 Å². The van der Waals surface area contributed by atoms with Crippen LogP contribution < -0.4 is 29.7 Å². The quantitative estimate of drug-likeness (QED) is 0.304. The zero-order chi connectivity index (χ0) is 27.7. The van der Waals surface area contributed by atoms with Crippen LogP contribution in [0.2, 0.25) is 0 Å².